The van der Waals surface area contributed by atoms with Gasteiger partial charge in [0, 0.05) is 13.1 Å². The Bertz CT molecular complexity index is 332. The van der Waals surface area contributed by atoms with Crippen LogP contribution in [0.2, 0.25) is 0 Å². The molecule has 0 unspecified atom stereocenters. The number of halogens is 1. The van der Waals surface area contributed by atoms with Crippen molar-refractivity contribution in [1.29, 1.82) is 0 Å². The zero-order valence-corrected chi connectivity index (χ0v) is 10.6. The van der Waals surface area contributed by atoms with E-state index in [1.54, 1.807) is 26.0 Å². The molecule has 0 heterocycles. The highest BCUT2D eigenvalue weighted by atomic mass is 19.1. The summed E-state index contributed by atoms with van der Waals surface area (Å²) >= 11 is 0. The maximum atomic E-state index is 12.6. The largest absolute Gasteiger partial charge is 0.492 e. The predicted molar refractivity (Wildman–Crippen MR) is 65.7 cm³/mol. The fourth-order valence-electron chi connectivity index (χ4n) is 1.59. The minimum Gasteiger partial charge on any atom is -0.492 e. The molecule has 0 saturated carbocycles. The average Bonchev–Trinajstić information content (AvgIpc) is 2.18. The first-order valence-corrected chi connectivity index (χ1v) is 5.66. The van der Waals surface area contributed by atoms with Crippen molar-refractivity contribution in [2.45, 2.75) is 19.4 Å². The lowest BCUT2D eigenvalue weighted by molar-refractivity contribution is 0.0411. The molecule has 0 amide bonds. The Morgan fingerprint density at radius 3 is 2.41 bits per heavy atom. The van der Waals surface area contributed by atoms with Crippen LogP contribution in [0.15, 0.2) is 24.3 Å². The van der Waals surface area contributed by atoms with Crippen molar-refractivity contribution in [3.05, 3.63) is 30.1 Å². The van der Waals surface area contributed by atoms with E-state index in [1.165, 1.54) is 12.1 Å². The maximum absolute atomic E-state index is 12.6. The third kappa shape index (κ3) is 6.24. The van der Waals surface area contributed by atoms with Crippen molar-refractivity contribution in [2.24, 2.45) is 0 Å². The fourth-order valence-corrected chi connectivity index (χ4v) is 1.59. The Kier molecular flexibility index (Phi) is 4.90. The van der Waals surface area contributed by atoms with Gasteiger partial charge in [-0.15, -0.1) is 0 Å². The Morgan fingerprint density at radius 2 is 1.88 bits per heavy atom. The second kappa shape index (κ2) is 5.98. The van der Waals surface area contributed by atoms with Crippen molar-refractivity contribution in [3.8, 4) is 5.75 Å². The molecule has 0 atom stereocenters. The van der Waals surface area contributed by atoms with E-state index in [9.17, 15) is 9.50 Å². The lowest BCUT2D eigenvalue weighted by Crippen LogP contribution is -2.38. The maximum Gasteiger partial charge on any atom is 0.123 e. The molecule has 4 heteroatoms. The Balaban J connectivity index is 2.26. The van der Waals surface area contributed by atoms with E-state index in [2.05, 4.69) is 0 Å². The van der Waals surface area contributed by atoms with Crippen molar-refractivity contribution in [3.63, 3.8) is 0 Å². The monoisotopic (exact) mass is 241 g/mol. The third-order valence-corrected chi connectivity index (χ3v) is 2.21. The smallest absolute Gasteiger partial charge is 0.123 e. The molecule has 0 bridgehead atoms. The number of nitrogens with zero attached hydrogens (tertiary/aromatic N) is 1. The molecule has 0 radical (unpaired) electrons. The highest BCUT2D eigenvalue weighted by Gasteiger charge is 2.15. The van der Waals surface area contributed by atoms with Crippen LogP contribution in [0.3, 0.4) is 0 Å². The molecular formula is C13H20FNO2. The summed E-state index contributed by atoms with van der Waals surface area (Å²) in [6.45, 7) is 5.34. The average molecular weight is 241 g/mol. The quantitative estimate of drug-likeness (QED) is 0.825. The molecule has 1 aromatic rings. The summed E-state index contributed by atoms with van der Waals surface area (Å²) in [5.74, 6) is 0.388. The molecule has 0 saturated heterocycles. The number of hydrogen-bond donors (Lipinski definition) is 1. The van der Waals surface area contributed by atoms with E-state index in [0.717, 1.165) is 0 Å². The third-order valence-electron chi connectivity index (χ3n) is 2.21. The number of hydrogen-bond acceptors (Lipinski definition) is 3. The fraction of sp³-hybridized carbons (Fsp3) is 0.538. The van der Waals surface area contributed by atoms with Gasteiger partial charge in [-0.1, -0.05) is 0 Å². The lowest BCUT2D eigenvalue weighted by atomic mass is 10.1. The van der Waals surface area contributed by atoms with Crippen LogP contribution in [-0.2, 0) is 0 Å². The predicted octanol–water partition coefficient (Wildman–Crippen LogP) is 1.91. The van der Waals surface area contributed by atoms with Crippen LogP contribution in [0.1, 0.15) is 13.8 Å². The van der Waals surface area contributed by atoms with Gasteiger partial charge in [0.25, 0.3) is 0 Å². The highest BCUT2D eigenvalue weighted by Crippen LogP contribution is 2.11. The van der Waals surface area contributed by atoms with Crippen molar-refractivity contribution < 1.29 is 14.2 Å². The van der Waals surface area contributed by atoms with E-state index in [1.807, 2.05) is 11.9 Å². The number of ether oxygens (including phenoxy) is 1. The summed E-state index contributed by atoms with van der Waals surface area (Å²) in [4.78, 5) is 1.99. The van der Waals surface area contributed by atoms with Crippen LogP contribution in [0.4, 0.5) is 4.39 Å². The van der Waals surface area contributed by atoms with Gasteiger partial charge in [0.1, 0.15) is 18.2 Å². The summed E-state index contributed by atoms with van der Waals surface area (Å²) in [5, 5.41) is 9.61. The van der Waals surface area contributed by atoms with Crippen LogP contribution >= 0.6 is 0 Å². The van der Waals surface area contributed by atoms with Crippen LogP contribution in [0.5, 0.6) is 5.75 Å². The molecule has 96 valence electrons. The number of likely N-dealkylation sites (N-methyl/N-ethyl adjacent to an activating group) is 1. The molecule has 1 N–H and O–H groups in total. The van der Waals surface area contributed by atoms with Gasteiger partial charge in [-0.2, -0.15) is 0 Å². The molecule has 0 aromatic heterocycles. The molecule has 3 nitrogen and oxygen atoms in total. The Morgan fingerprint density at radius 1 is 1.29 bits per heavy atom. The van der Waals surface area contributed by atoms with Gasteiger partial charge in [-0.05, 0) is 45.2 Å². The standard InChI is InChI=1S/C13H20FNO2/c1-13(2,16)10-15(3)8-9-17-12-6-4-11(14)5-7-12/h4-7,16H,8-10H2,1-3H3. The minimum atomic E-state index is -0.704. The molecule has 0 aliphatic carbocycles. The van der Waals surface area contributed by atoms with Gasteiger partial charge in [0.05, 0.1) is 5.60 Å². The second-order valence-corrected chi connectivity index (χ2v) is 4.85. The first kappa shape index (κ1) is 13.9. The first-order chi connectivity index (χ1) is 7.87. The van der Waals surface area contributed by atoms with E-state index < -0.39 is 5.60 Å². The molecule has 0 fully saturated rings. The normalized spacial score (nSPS) is 11.9. The zero-order chi connectivity index (χ0) is 12.9. The summed E-state index contributed by atoms with van der Waals surface area (Å²) in [7, 11) is 1.92. The molecule has 0 aliphatic heterocycles. The van der Waals surface area contributed by atoms with Gasteiger partial charge >= 0.3 is 0 Å². The molecule has 17 heavy (non-hydrogen) atoms. The van der Waals surface area contributed by atoms with Gasteiger partial charge in [-0.25, -0.2) is 4.39 Å². The van der Waals surface area contributed by atoms with E-state index in [-0.39, 0.29) is 5.82 Å². The van der Waals surface area contributed by atoms with Gasteiger partial charge in [-0.3, -0.25) is 0 Å². The van der Waals surface area contributed by atoms with Crippen molar-refractivity contribution in [1.82, 2.24) is 4.90 Å². The lowest BCUT2D eigenvalue weighted by Gasteiger charge is -2.25. The van der Waals surface area contributed by atoms with Gasteiger partial charge < -0.3 is 14.7 Å². The molecule has 1 aromatic carbocycles. The Hall–Kier alpha value is -1.13. The zero-order valence-electron chi connectivity index (χ0n) is 10.6. The molecule has 0 spiro atoms. The van der Waals surface area contributed by atoms with Crippen LogP contribution in [-0.4, -0.2) is 42.4 Å². The summed E-state index contributed by atoms with van der Waals surface area (Å²) < 4.78 is 18.1. The SMILES string of the molecule is CN(CCOc1ccc(F)cc1)CC(C)(C)O. The molecular weight excluding hydrogens is 221 g/mol. The van der Waals surface area contributed by atoms with Crippen LogP contribution in [0, 0.1) is 5.82 Å². The van der Waals surface area contributed by atoms with Crippen LogP contribution in [0.25, 0.3) is 0 Å². The highest BCUT2D eigenvalue weighted by molar-refractivity contribution is 5.21. The van der Waals surface area contributed by atoms with Crippen molar-refractivity contribution in [2.75, 3.05) is 26.7 Å². The summed E-state index contributed by atoms with van der Waals surface area (Å²) in [5.41, 5.74) is -0.704. The molecule has 1 rings (SSSR count). The van der Waals surface area contributed by atoms with E-state index in [0.29, 0.717) is 25.4 Å². The summed E-state index contributed by atoms with van der Waals surface area (Å²) in [6, 6.07) is 5.95. The topological polar surface area (TPSA) is 32.7 Å². The minimum absolute atomic E-state index is 0.267. The number of benzene rings is 1. The number of rotatable bonds is 6. The van der Waals surface area contributed by atoms with Gasteiger partial charge in [0.2, 0.25) is 0 Å². The molecule has 0 aliphatic rings. The van der Waals surface area contributed by atoms with Crippen LogP contribution < -0.4 is 4.74 Å². The van der Waals surface area contributed by atoms with E-state index >= 15 is 0 Å². The Labute approximate surface area is 102 Å². The second-order valence-electron chi connectivity index (χ2n) is 4.85. The van der Waals surface area contributed by atoms with Crippen molar-refractivity contribution >= 4 is 0 Å². The van der Waals surface area contributed by atoms with E-state index in [4.69, 9.17) is 4.74 Å². The first-order valence-electron chi connectivity index (χ1n) is 5.66. The van der Waals surface area contributed by atoms with Gasteiger partial charge in [0.15, 0.2) is 0 Å². The number of aliphatic hydroxyl groups is 1. The summed E-state index contributed by atoms with van der Waals surface area (Å²) in [6.07, 6.45) is 0.